The summed E-state index contributed by atoms with van der Waals surface area (Å²) in [6, 6.07) is 4.67. The molecule has 1 amide bonds. The number of carbonyl (C=O) groups is 1. The molecular formula is C18H22F3NO. The molecule has 1 spiro atoms. The predicted molar refractivity (Wildman–Crippen MR) is 82.9 cm³/mol. The minimum Gasteiger partial charge on any atom is -0.326 e. The van der Waals surface area contributed by atoms with Crippen LogP contribution >= 0.6 is 0 Å². The number of alkyl halides is 3. The van der Waals surface area contributed by atoms with Gasteiger partial charge in [-0.05, 0) is 61.3 Å². The zero-order valence-electron chi connectivity index (χ0n) is 13.2. The standard InChI is InChI=1S/C18H22F3NO/c1-12-6-9-17(10-7-12)11-8-15(17)16(23)22-14-4-2-13(3-5-14)18(19,20)21/h2-5,12,15H,6-11H2,1H3,(H,22,23). The molecule has 0 aromatic heterocycles. The highest BCUT2D eigenvalue weighted by Gasteiger charge is 2.51. The van der Waals surface area contributed by atoms with Crippen LogP contribution in [-0.4, -0.2) is 5.91 Å². The maximum Gasteiger partial charge on any atom is 0.416 e. The molecule has 126 valence electrons. The van der Waals surface area contributed by atoms with Crippen LogP contribution < -0.4 is 5.32 Å². The van der Waals surface area contributed by atoms with Crippen molar-refractivity contribution in [3.8, 4) is 0 Å². The zero-order chi connectivity index (χ0) is 16.7. The first-order chi connectivity index (χ1) is 10.8. The van der Waals surface area contributed by atoms with Gasteiger partial charge in [0, 0.05) is 11.6 Å². The van der Waals surface area contributed by atoms with E-state index in [1.807, 2.05) is 0 Å². The predicted octanol–water partition coefficient (Wildman–Crippen LogP) is 5.25. The molecule has 1 aromatic carbocycles. The van der Waals surface area contributed by atoms with Crippen LogP contribution in [0.4, 0.5) is 18.9 Å². The quantitative estimate of drug-likeness (QED) is 0.790. The minimum absolute atomic E-state index is 0.0114. The second-order valence-corrected chi connectivity index (χ2v) is 7.20. The van der Waals surface area contributed by atoms with Gasteiger partial charge in [-0.2, -0.15) is 13.2 Å². The Balaban J connectivity index is 1.63. The molecule has 0 bridgehead atoms. The van der Waals surface area contributed by atoms with Gasteiger partial charge in [-0.1, -0.05) is 19.8 Å². The summed E-state index contributed by atoms with van der Waals surface area (Å²) in [5.41, 5.74) is -0.117. The van der Waals surface area contributed by atoms with Crippen molar-refractivity contribution in [2.24, 2.45) is 17.3 Å². The SMILES string of the molecule is CC1CCC2(CC1)CCC2C(=O)Nc1ccc(C(F)(F)F)cc1. The van der Waals surface area contributed by atoms with Gasteiger partial charge in [-0.3, -0.25) is 4.79 Å². The van der Waals surface area contributed by atoms with Gasteiger partial charge >= 0.3 is 6.18 Å². The van der Waals surface area contributed by atoms with Gasteiger partial charge in [-0.25, -0.2) is 0 Å². The second kappa shape index (κ2) is 5.84. The van der Waals surface area contributed by atoms with Crippen LogP contribution in [0.15, 0.2) is 24.3 Å². The summed E-state index contributed by atoms with van der Waals surface area (Å²) in [4.78, 5) is 12.5. The molecule has 2 saturated carbocycles. The lowest BCUT2D eigenvalue weighted by molar-refractivity contribution is -0.137. The number of halogens is 3. The Bertz CT molecular complexity index is 571. The average molecular weight is 325 g/mol. The molecule has 2 nitrogen and oxygen atoms in total. The summed E-state index contributed by atoms with van der Waals surface area (Å²) in [5.74, 6) is 0.711. The van der Waals surface area contributed by atoms with Crippen LogP contribution in [0.3, 0.4) is 0 Å². The molecule has 3 rings (SSSR count). The fourth-order valence-electron chi connectivity index (χ4n) is 4.01. The number of anilines is 1. The van der Waals surface area contributed by atoms with Crippen molar-refractivity contribution >= 4 is 11.6 Å². The van der Waals surface area contributed by atoms with Crippen molar-refractivity contribution in [1.29, 1.82) is 0 Å². The maximum absolute atomic E-state index is 12.6. The van der Waals surface area contributed by atoms with Crippen molar-refractivity contribution in [3.05, 3.63) is 29.8 Å². The van der Waals surface area contributed by atoms with Crippen LogP contribution in [-0.2, 0) is 11.0 Å². The number of carbonyl (C=O) groups excluding carboxylic acids is 1. The van der Waals surface area contributed by atoms with E-state index in [1.165, 1.54) is 25.0 Å². The smallest absolute Gasteiger partial charge is 0.326 e. The largest absolute Gasteiger partial charge is 0.416 e. The molecule has 0 aliphatic heterocycles. The molecule has 1 atom stereocenters. The van der Waals surface area contributed by atoms with E-state index in [0.717, 1.165) is 43.7 Å². The summed E-state index contributed by atoms with van der Waals surface area (Å²) in [6.45, 7) is 2.25. The van der Waals surface area contributed by atoms with Gasteiger partial charge in [0.1, 0.15) is 0 Å². The van der Waals surface area contributed by atoms with Gasteiger partial charge in [0.25, 0.3) is 0 Å². The number of benzene rings is 1. The highest BCUT2D eigenvalue weighted by atomic mass is 19.4. The monoisotopic (exact) mass is 325 g/mol. The van der Waals surface area contributed by atoms with Crippen molar-refractivity contribution in [3.63, 3.8) is 0 Å². The fourth-order valence-corrected chi connectivity index (χ4v) is 4.01. The minimum atomic E-state index is -4.35. The van der Waals surface area contributed by atoms with Crippen molar-refractivity contribution in [2.45, 2.75) is 51.6 Å². The number of rotatable bonds is 2. The van der Waals surface area contributed by atoms with E-state index in [9.17, 15) is 18.0 Å². The van der Waals surface area contributed by atoms with E-state index >= 15 is 0 Å². The molecule has 0 radical (unpaired) electrons. The molecule has 1 N–H and O–H groups in total. The highest BCUT2D eigenvalue weighted by molar-refractivity contribution is 5.93. The Morgan fingerprint density at radius 3 is 2.13 bits per heavy atom. The van der Waals surface area contributed by atoms with Gasteiger partial charge < -0.3 is 5.32 Å². The van der Waals surface area contributed by atoms with E-state index in [-0.39, 0.29) is 17.2 Å². The molecule has 0 heterocycles. The molecule has 5 heteroatoms. The van der Waals surface area contributed by atoms with Crippen LogP contribution in [0.1, 0.15) is 51.0 Å². The topological polar surface area (TPSA) is 29.1 Å². The van der Waals surface area contributed by atoms with Crippen molar-refractivity contribution in [1.82, 2.24) is 0 Å². The van der Waals surface area contributed by atoms with Crippen LogP contribution in [0, 0.1) is 17.3 Å². The Kier molecular flexibility index (Phi) is 4.15. The highest BCUT2D eigenvalue weighted by Crippen LogP contribution is 2.57. The van der Waals surface area contributed by atoms with Crippen molar-refractivity contribution in [2.75, 3.05) is 5.32 Å². The van der Waals surface area contributed by atoms with Crippen molar-refractivity contribution < 1.29 is 18.0 Å². The summed E-state index contributed by atoms with van der Waals surface area (Å²) in [7, 11) is 0. The number of nitrogens with one attached hydrogen (secondary N) is 1. The molecular weight excluding hydrogens is 303 g/mol. The first kappa shape index (κ1) is 16.3. The summed E-state index contributed by atoms with van der Waals surface area (Å²) >= 11 is 0. The average Bonchev–Trinajstić information content (AvgIpc) is 2.46. The third-order valence-electron chi connectivity index (χ3n) is 5.74. The van der Waals surface area contributed by atoms with Gasteiger partial charge in [0.15, 0.2) is 0 Å². The molecule has 2 fully saturated rings. The summed E-state index contributed by atoms with van der Waals surface area (Å²) in [6.07, 6.45) is 2.18. The number of amides is 1. The van der Waals surface area contributed by atoms with Gasteiger partial charge in [0.05, 0.1) is 5.56 Å². The Labute approximate surface area is 134 Å². The zero-order valence-corrected chi connectivity index (χ0v) is 13.2. The number of hydrogen-bond donors (Lipinski definition) is 1. The number of hydrogen-bond acceptors (Lipinski definition) is 1. The Morgan fingerprint density at radius 1 is 1.09 bits per heavy atom. The van der Waals surface area contributed by atoms with Gasteiger partial charge in [0.2, 0.25) is 5.91 Å². The Hall–Kier alpha value is -1.52. The lowest BCUT2D eigenvalue weighted by Crippen LogP contribution is -2.48. The van der Waals surface area contributed by atoms with Crippen LogP contribution in [0.25, 0.3) is 0 Å². The van der Waals surface area contributed by atoms with Gasteiger partial charge in [-0.15, -0.1) is 0 Å². The fraction of sp³-hybridized carbons (Fsp3) is 0.611. The normalized spacial score (nSPS) is 30.8. The second-order valence-electron chi connectivity index (χ2n) is 7.20. The molecule has 0 saturated heterocycles. The molecule has 2 aliphatic rings. The lowest BCUT2D eigenvalue weighted by Gasteiger charge is -2.52. The molecule has 23 heavy (non-hydrogen) atoms. The van der Waals surface area contributed by atoms with Crippen LogP contribution in [0.2, 0.25) is 0 Å². The van der Waals surface area contributed by atoms with E-state index in [0.29, 0.717) is 5.69 Å². The molecule has 1 aromatic rings. The third-order valence-corrected chi connectivity index (χ3v) is 5.74. The Morgan fingerprint density at radius 2 is 1.65 bits per heavy atom. The molecule has 2 aliphatic carbocycles. The first-order valence-electron chi connectivity index (χ1n) is 8.28. The third kappa shape index (κ3) is 3.24. The van der Waals surface area contributed by atoms with E-state index < -0.39 is 11.7 Å². The summed E-state index contributed by atoms with van der Waals surface area (Å²) < 4.78 is 37.7. The van der Waals surface area contributed by atoms with E-state index in [4.69, 9.17) is 0 Å². The maximum atomic E-state index is 12.6. The van der Waals surface area contributed by atoms with Crippen LogP contribution in [0.5, 0.6) is 0 Å². The molecule has 1 unspecified atom stereocenters. The summed E-state index contributed by atoms with van der Waals surface area (Å²) in [5, 5.41) is 2.80. The van der Waals surface area contributed by atoms with E-state index in [1.54, 1.807) is 0 Å². The first-order valence-corrected chi connectivity index (χ1v) is 8.28. The van der Waals surface area contributed by atoms with E-state index in [2.05, 4.69) is 12.2 Å². The lowest BCUT2D eigenvalue weighted by atomic mass is 9.52.